The van der Waals surface area contributed by atoms with Gasteiger partial charge in [0, 0.05) is 0 Å². The van der Waals surface area contributed by atoms with Crippen molar-refractivity contribution in [3.05, 3.63) is 52.9 Å². The van der Waals surface area contributed by atoms with E-state index in [9.17, 15) is 9.59 Å². The summed E-state index contributed by atoms with van der Waals surface area (Å²) in [7, 11) is 0. The van der Waals surface area contributed by atoms with Gasteiger partial charge in [-0.05, 0) is 28.8 Å². The number of hydrogen-bond acceptors (Lipinski definition) is 5. The van der Waals surface area contributed by atoms with Crippen LogP contribution in [0.1, 0.15) is 25.3 Å². The quantitative estimate of drug-likeness (QED) is 0.319. The fourth-order valence-corrected chi connectivity index (χ4v) is 3.90. The minimum absolute atomic E-state index is 0.138. The highest BCUT2D eigenvalue weighted by Gasteiger charge is 2.33. The number of carbonyl (C=O) groups is 2. The first-order valence-corrected chi connectivity index (χ1v) is 9.71. The topological polar surface area (TPSA) is 46.6 Å². The van der Waals surface area contributed by atoms with Crippen molar-refractivity contribution < 1.29 is 14.3 Å². The van der Waals surface area contributed by atoms with Crippen LogP contribution >= 0.6 is 24.0 Å². The molecule has 0 aromatic heterocycles. The van der Waals surface area contributed by atoms with Crippen molar-refractivity contribution in [3.8, 4) is 0 Å². The molecule has 0 spiro atoms. The predicted octanol–water partition coefficient (Wildman–Crippen LogP) is 4.38. The summed E-state index contributed by atoms with van der Waals surface area (Å²) in [6, 6.07) is 14.0. The highest BCUT2D eigenvalue weighted by Crippen LogP contribution is 2.33. The number of nitrogens with zero attached hydrogens (tertiary/aromatic N) is 1. The van der Waals surface area contributed by atoms with Gasteiger partial charge < -0.3 is 4.74 Å². The molecule has 0 N–H and O–H groups in total. The maximum absolute atomic E-state index is 12.7. The molecule has 2 aromatic carbocycles. The Bertz CT molecular complexity index is 886. The number of esters is 1. The molecule has 0 aliphatic carbocycles. The summed E-state index contributed by atoms with van der Waals surface area (Å²) in [5, 5.41) is 2.18. The Labute approximate surface area is 162 Å². The average Bonchev–Trinajstić information content (AvgIpc) is 2.90. The summed E-state index contributed by atoms with van der Waals surface area (Å²) in [6.07, 6.45) is 3.59. The molecule has 1 heterocycles. The van der Waals surface area contributed by atoms with Crippen LogP contribution in [0.25, 0.3) is 16.8 Å². The molecule has 4 nitrogen and oxygen atoms in total. The molecule has 2 aromatic rings. The molecular formula is C20H19NO3S2. The maximum Gasteiger partial charge on any atom is 0.326 e. The lowest BCUT2D eigenvalue weighted by molar-refractivity contribution is -0.146. The fraction of sp³-hybridized carbons (Fsp3) is 0.250. The van der Waals surface area contributed by atoms with Gasteiger partial charge in [0.15, 0.2) is 0 Å². The third kappa shape index (κ3) is 4.14. The number of ether oxygens (including phenoxy) is 1. The average molecular weight is 386 g/mol. The molecule has 1 aliphatic rings. The monoisotopic (exact) mass is 385 g/mol. The van der Waals surface area contributed by atoms with E-state index in [0.29, 0.717) is 15.8 Å². The normalized spacial score (nSPS) is 15.9. The van der Waals surface area contributed by atoms with E-state index < -0.39 is 5.97 Å². The standard InChI is InChI=1S/C20H19NO3S2/c1-2-3-11-24-18(22)13-21-19(23)17(26-20(21)25)12-15-9-6-8-14-7-4-5-10-16(14)15/h4-10,12H,2-3,11,13H2,1H3/b17-12-. The molecule has 26 heavy (non-hydrogen) atoms. The molecule has 1 fully saturated rings. The second-order valence-corrected chi connectivity index (χ2v) is 7.59. The van der Waals surface area contributed by atoms with Crippen LogP contribution < -0.4 is 0 Å². The molecule has 0 unspecified atom stereocenters. The number of benzene rings is 2. The third-order valence-electron chi connectivity index (χ3n) is 4.03. The molecule has 1 aliphatic heterocycles. The van der Waals surface area contributed by atoms with Crippen molar-refractivity contribution in [2.75, 3.05) is 13.2 Å². The summed E-state index contributed by atoms with van der Waals surface area (Å²) >= 11 is 6.50. The highest BCUT2D eigenvalue weighted by molar-refractivity contribution is 8.26. The molecule has 0 atom stereocenters. The minimum Gasteiger partial charge on any atom is -0.464 e. The Balaban J connectivity index is 1.78. The van der Waals surface area contributed by atoms with E-state index in [1.807, 2.05) is 55.5 Å². The number of amides is 1. The predicted molar refractivity (Wildman–Crippen MR) is 110 cm³/mol. The number of thioether (sulfide) groups is 1. The summed E-state index contributed by atoms with van der Waals surface area (Å²) in [6.45, 7) is 2.26. The Morgan fingerprint density at radius 2 is 2.00 bits per heavy atom. The van der Waals surface area contributed by atoms with E-state index >= 15 is 0 Å². The lowest BCUT2D eigenvalue weighted by atomic mass is 10.0. The zero-order valence-corrected chi connectivity index (χ0v) is 16.1. The van der Waals surface area contributed by atoms with Crippen molar-refractivity contribution >= 4 is 57.0 Å². The summed E-state index contributed by atoms with van der Waals surface area (Å²) in [5.74, 6) is -0.679. The first-order chi connectivity index (χ1) is 12.6. The first-order valence-electron chi connectivity index (χ1n) is 8.49. The maximum atomic E-state index is 12.7. The SMILES string of the molecule is CCCCOC(=O)CN1C(=O)/C(=C/c2cccc3ccccc23)SC1=S. The van der Waals surface area contributed by atoms with Crippen molar-refractivity contribution in [3.63, 3.8) is 0 Å². The number of carbonyl (C=O) groups excluding carboxylic acids is 2. The lowest BCUT2D eigenvalue weighted by Gasteiger charge is -2.13. The molecule has 0 radical (unpaired) electrons. The highest BCUT2D eigenvalue weighted by atomic mass is 32.2. The number of unbranched alkanes of at least 4 members (excludes halogenated alkanes) is 1. The van der Waals surface area contributed by atoms with Gasteiger partial charge in [-0.2, -0.15) is 0 Å². The van der Waals surface area contributed by atoms with E-state index in [1.54, 1.807) is 0 Å². The van der Waals surface area contributed by atoms with Crippen LogP contribution in [-0.4, -0.2) is 34.2 Å². The van der Waals surface area contributed by atoms with E-state index in [0.717, 1.165) is 29.2 Å². The van der Waals surface area contributed by atoms with Crippen molar-refractivity contribution in [1.82, 2.24) is 4.90 Å². The van der Waals surface area contributed by atoms with Gasteiger partial charge in [0.1, 0.15) is 10.9 Å². The van der Waals surface area contributed by atoms with Gasteiger partial charge in [-0.15, -0.1) is 0 Å². The van der Waals surface area contributed by atoms with Gasteiger partial charge in [-0.25, -0.2) is 0 Å². The minimum atomic E-state index is -0.429. The summed E-state index contributed by atoms with van der Waals surface area (Å²) < 4.78 is 5.51. The van der Waals surface area contributed by atoms with E-state index in [1.165, 1.54) is 16.7 Å². The molecular weight excluding hydrogens is 366 g/mol. The third-order valence-corrected chi connectivity index (χ3v) is 5.41. The van der Waals surface area contributed by atoms with Gasteiger partial charge in [0.05, 0.1) is 11.5 Å². The molecule has 1 amide bonds. The Hall–Kier alpha value is -2.18. The second kappa shape index (κ2) is 8.47. The number of fused-ring (bicyclic) bond motifs is 1. The van der Waals surface area contributed by atoms with Crippen LogP contribution in [0.4, 0.5) is 0 Å². The van der Waals surface area contributed by atoms with E-state index in [-0.39, 0.29) is 12.5 Å². The molecule has 0 saturated carbocycles. The molecule has 3 rings (SSSR count). The Morgan fingerprint density at radius 1 is 1.23 bits per heavy atom. The zero-order chi connectivity index (χ0) is 18.5. The van der Waals surface area contributed by atoms with Gasteiger partial charge >= 0.3 is 5.97 Å². The van der Waals surface area contributed by atoms with Crippen molar-refractivity contribution in [2.45, 2.75) is 19.8 Å². The molecule has 0 bridgehead atoms. The summed E-state index contributed by atoms with van der Waals surface area (Å²) in [5.41, 5.74) is 0.953. The number of thiocarbonyl (C=S) groups is 1. The Kier molecular flexibility index (Phi) is 6.06. The lowest BCUT2D eigenvalue weighted by Crippen LogP contribution is -2.34. The van der Waals surface area contributed by atoms with Crippen LogP contribution in [0, 0.1) is 0 Å². The smallest absolute Gasteiger partial charge is 0.326 e. The van der Waals surface area contributed by atoms with E-state index in [2.05, 4.69) is 0 Å². The van der Waals surface area contributed by atoms with Gasteiger partial charge in [0.25, 0.3) is 5.91 Å². The van der Waals surface area contributed by atoms with Crippen LogP contribution in [0.15, 0.2) is 47.4 Å². The first kappa shape index (κ1) is 18.6. The van der Waals surface area contributed by atoms with Crippen molar-refractivity contribution in [2.24, 2.45) is 0 Å². The molecule has 6 heteroatoms. The Morgan fingerprint density at radius 3 is 2.81 bits per heavy atom. The van der Waals surface area contributed by atoms with Crippen LogP contribution in [0.2, 0.25) is 0 Å². The molecule has 1 saturated heterocycles. The van der Waals surface area contributed by atoms with Crippen LogP contribution in [0.3, 0.4) is 0 Å². The van der Waals surface area contributed by atoms with E-state index in [4.69, 9.17) is 17.0 Å². The van der Waals surface area contributed by atoms with Crippen LogP contribution in [-0.2, 0) is 14.3 Å². The second-order valence-electron chi connectivity index (χ2n) is 5.91. The van der Waals surface area contributed by atoms with Crippen molar-refractivity contribution in [1.29, 1.82) is 0 Å². The summed E-state index contributed by atoms with van der Waals surface area (Å²) in [4.78, 5) is 26.4. The van der Waals surface area contributed by atoms with Gasteiger partial charge in [-0.1, -0.05) is 79.8 Å². The van der Waals surface area contributed by atoms with Gasteiger partial charge in [-0.3, -0.25) is 14.5 Å². The number of hydrogen-bond donors (Lipinski definition) is 0. The van der Waals surface area contributed by atoms with Gasteiger partial charge in [0.2, 0.25) is 0 Å². The molecule has 134 valence electrons. The largest absolute Gasteiger partial charge is 0.464 e. The number of rotatable bonds is 6. The van der Waals surface area contributed by atoms with Crippen LogP contribution in [0.5, 0.6) is 0 Å². The fourth-order valence-electron chi connectivity index (χ4n) is 2.66. The zero-order valence-electron chi connectivity index (χ0n) is 14.4.